The van der Waals surface area contributed by atoms with Crippen LogP contribution in [0.3, 0.4) is 0 Å². The molecule has 3 rings (SSSR count). The Labute approximate surface area is 150 Å². The highest BCUT2D eigenvalue weighted by Crippen LogP contribution is 2.08. The van der Waals surface area contributed by atoms with Gasteiger partial charge in [-0.05, 0) is 35.9 Å². The first kappa shape index (κ1) is 17.1. The maximum Gasteiger partial charge on any atom is 0.258 e. The van der Waals surface area contributed by atoms with E-state index >= 15 is 0 Å². The lowest BCUT2D eigenvalue weighted by Gasteiger charge is -2.14. The quantitative estimate of drug-likeness (QED) is 0.736. The van der Waals surface area contributed by atoms with E-state index < -0.39 is 0 Å². The Morgan fingerprint density at radius 1 is 1.27 bits per heavy atom. The van der Waals surface area contributed by atoms with Crippen molar-refractivity contribution in [3.8, 4) is 6.07 Å². The van der Waals surface area contributed by atoms with E-state index in [2.05, 4.69) is 16.0 Å². The number of carbonyl (C=O) groups is 1. The number of fused-ring (bicyclic) bond motifs is 1. The number of para-hydroxylation sites is 1. The zero-order valence-electron chi connectivity index (χ0n) is 14.1. The summed E-state index contributed by atoms with van der Waals surface area (Å²) in [6, 6.07) is 16.1. The van der Waals surface area contributed by atoms with Crippen molar-refractivity contribution < 1.29 is 4.79 Å². The van der Waals surface area contributed by atoms with Gasteiger partial charge in [0, 0.05) is 13.1 Å². The minimum absolute atomic E-state index is 0.182. The molecule has 0 spiro atoms. The number of H-pyrrole nitrogens is 1. The maximum absolute atomic E-state index is 12.3. The van der Waals surface area contributed by atoms with Gasteiger partial charge in [0.25, 0.3) is 5.56 Å². The molecule has 128 valence electrons. The number of nitrogens with zero attached hydrogens (tertiary/aromatic N) is 3. The molecule has 2 aromatic carbocycles. The lowest BCUT2D eigenvalue weighted by molar-refractivity contribution is -0.125. The van der Waals surface area contributed by atoms with Gasteiger partial charge in [-0.2, -0.15) is 5.26 Å². The van der Waals surface area contributed by atoms with E-state index in [1.807, 2.05) is 12.1 Å². The van der Waals surface area contributed by atoms with Crippen LogP contribution in [0.1, 0.15) is 17.0 Å². The van der Waals surface area contributed by atoms with E-state index in [-0.39, 0.29) is 18.0 Å². The summed E-state index contributed by atoms with van der Waals surface area (Å²) in [5.74, 6) is 0.188. The Hall–Kier alpha value is -3.72. The first-order chi connectivity index (χ1) is 12.6. The molecule has 0 saturated carbocycles. The van der Waals surface area contributed by atoms with E-state index in [9.17, 15) is 9.59 Å². The van der Waals surface area contributed by atoms with Gasteiger partial charge in [-0.15, -0.1) is 0 Å². The van der Waals surface area contributed by atoms with E-state index in [0.717, 1.165) is 5.56 Å². The predicted molar refractivity (Wildman–Crippen MR) is 99.0 cm³/mol. The molecule has 1 amide bonds. The maximum atomic E-state index is 12.3. The predicted octanol–water partition coefficient (Wildman–Crippen LogP) is 2.47. The molecule has 0 atom stereocenters. The van der Waals surface area contributed by atoms with E-state index in [0.29, 0.717) is 22.3 Å². The first-order valence-corrected chi connectivity index (χ1v) is 7.98. The van der Waals surface area contributed by atoms with Gasteiger partial charge < -0.3 is 9.88 Å². The molecule has 1 aromatic heterocycles. The normalized spacial score (nSPS) is 10.8. The van der Waals surface area contributed by atoms with Crippen LogP contribution in [0.25, 0.3) is 17.0 Å². The smallest absolute Gasteiger partial charge is 0.258 e. The number of nitriles is 1. The van der Waals surface area contributed by atoms with Crippen LogP contribution in [-0.4, -0.2) is 27.8 Å². The lowest BCUT2D eigenvalue weighted by Crippen LogP contribution is -2.26. The van der Waals surface area contributed by atoms with Gasteiger partial charge in [-0.1, -0.05) is 24.3 Å². The van der Waals surface area contributed by atoms with Crippen LogP contribution in [0.5, 0.6) is 0 Å². The van der Waals surface area contributed by atoms with Crippen molar-refractivity contribution in [2.75, 3.05) is 7.05 Å². The molecule has 1 N–H and O–H groups in total. The summed E-state index contributed by atoms with van der Waals surface area (Å²) in [4.78, 5) is 32.9. The Morgan fingerprint density at radius 2 is 2.08 bits per heavy atom. The van der Waals surface area contributed by atoms with Gasteiger partial charge in [0.05, 0.1) is 29.1 Å². The molecule has 0 saturated heterocycles. The molecule has 1 heterocycles. The van der Waals surface area contributed by atoms with Crippen molar-refractivity contribution in [2.24, 2.45) is 0 Å². The molecule has 3 aromatic rings. The summed E-state index contributed by atoms with van der Waals surface area (Å²) in [7, 11) is 1.63. The van der Waals surface area contributed by atoms with E-state index in [4.69, 9.17) is 5.26 Å². The summed E-state index contributed by atoms with van der Waals surface area (Å²) >= 11 is 0. The Kier molecular flexibility index (Phi) is 4.90. The highest BCUT2D eigenvalue weighted by atomic mass is 16.2. The number of benzene rings is 2. The molecule has 0 aliphatic carbocycles. The minimum atomic E-state index is -0.233. The average Bonchev–Trinajstić information content (AvgIpc) is 2.66. The minimum Gasteiger partial charge on any atom is -0.335 e. The summed E-state index contributed by atoms with van der Waals surface area (Å²) in [6.07, 6.45) is 3.08. The second-order valence-corrected chi connectivity index (χ2v) is 5.79. The van der Waals surface area contributed by atoms with Gasteiger partial charge in [-0.3, -0.25) is 9.59 Å². The number of aromatic amines is 1. The lowest BCUT2D eigenvalue weighted by atomic mass is 10.1. The Balaban J connectivity index is 1.74. The number of amides is 1. The monoisotopic (exact) mass is 344 g/mol. The van der Waals surface area contributed by atoms with E-state index in [1.54, 1.807) is 49.5 Å². The molecular formula is C20H16N4O2. The molecule has 0 bridgehead atoms. The van der Waals surface area contributed by atoms with Crippen molar-refractivity contribution in [1.82, 2.24) is 14.9 Å². The van der Waals surface area contributed by atoms with Gasteiger partial charge in [0.15, 0.2) is 0 Å². The Bertz CT molecular complexity index is 1090. The van der Waals surface area contributed by atoms with Crippen LogP contribution in [0.15, 0.2) is 59.4 Å². The second-order valence-electron chi connectivity index (χ2n) is 5.79. The number of hydrogen-bond acceptors (Lipinski definition) is 4. The van der Waals surface area contributed by atoms with Crippen LogP contribution in [0.2, 0.25) is 0 Å². The van der Waals surface area contributed by atoms with Crippen molar-refractivity contribution in [3.63, 3.8) is 0 Å². The van der Waals surface area contributed by atoms with Crippen LogP contribution in [0.4, 0.5) is 0 Å². The van der Waals surface area contributed by atoms with E-state index in [1.165, 1.54) is 11.0 Å². The van der Waals surface area contributed by atoms with Crippen molar-refractivity contribution in [1.29, 1.82) is 5.26 Å². The molecular weight excluding hydrogens is 328 g/mol. The van der Waals surface area contributed by atoms with Crippen molar-refractivity contribution in [3.05, 3.63) is 81.9 Å². The average molecular weight is 344 g/mol. The second kappa shape index (κ2) is 7.45. The van der Waals surface area contributed by atoms with Crippen LogP contribution < -0.4 is 5.56 Å². The highest BCUT2D eigenvalue weighted by molar-refractivity contribution is 5.91. The number of rotatable bonds is 4. The SMILES string of the molecule is CN(Cc1nc2ccccc2c(=O)[nH]1)C(=O)C=Cc1cccc(C#N)c1. The third-order valence-corrected chi connectivity index (χ3v) is 3.86. The van der Waals surface area contributed by atoms with Gasteiger partial charge in [0.2, 0.25) is 5.91 Å². The molecule has 6 nitrogen and oxygen atoms in total. The summed E-state index contributed by atoms with van der Waals surface area (Å²) in [6.45, 7) is 0.182. The fourth-order valence-corrected chi connectivity index (χ4v) is 2.52. The topological polar surface area (TPSA) is 89.8 Å². The molecule has 0 radical (unpaired) electrons. The number of nitrogens with one attached hydrogen (secondary N) is 1. The van der Waals surface area contributed by atoms with Gasteiger partial charge in [-0.25, -0.2) is 4.98 Å². The van der Waals surface area contributed by atoms with Crippen LogP contribution >= 0.6 is 0 Å². The largest absolute Gasteiger partial charge is 0.335 e. The van der Waals surface area contributed by atoms with Crippen molar-refractivity contribution in [2.45, 2.75) is 6.54 Å². The zero-order chi connectivity index (χ0) is 18.5. The molecule has 0 aliphatic rings. The zero-order valence-corrected chi connectivity index (χ0v) is 14.1. The van der Waals surface area contributed by atoms with Gasteiger partial charge in [0.1, 0.15) is 5.82 Å². The highest BCUT2D eigenvalue weighted by Gasteiger charge is 2.09. The fourth-order valence-electron chi connectivity index (χ4n) is 2.52. The number of hydrogen-bond donors (Lipinski definition) is 1. The molecule has 0 unspecified atom stereocenters. The number of aromatic nitrogens is 2. The molecule has 0 aliphatic heterocycles. The fraction of sp³-hybridized carbons (Fsp3) is 0.100. The summed E-state index contributed by atoms with van der Waals surface area (Å²) in [5, 5.41) is 9.42. The molecule has 6 heteroatoms. The molecule has 0 fully saturated rings. The third kappa shape index (κ3) is 3.84. The molecule has 26 heavy (non-hydrogen) atoms. The van der Waals surface area contributed by atoms with Crippen molar-refractivity contribution >= 4 is 22.9 Å². The third-order valence-electron chi connectivity index (χ3n) is 3.86. The summed E-state index contributed by atoms with van der Waals surface area (Å²) < 4.78 is 0. The van der Waals surface area contributed by atoms with Crippen LogP contribution in [0, 0.1) is 11.3 Å². The van der Waals surface area contributed by atoms with Crippen LogP contribution in [-0.2, 0) is 11.3 Å². The summed E-state index contributed by atoms with van der Waals surface area (Å²) in [5.41, 5.74) is 1.67. The first-order valence-electron chi connectivity index (χ1n) is 7.98. The van der Waals surface area contributed by atoms with Gasteiger partial charge >= 0.3 is 0 Å². The standard InChI is InChI=1S/C20H16N4O2/c1-24(19(25)10-9-14-5-4-6-15(11-14)12-21)13-18-22-17-8-3-2-7-16(17)20(26)23-18/h2-11H,13H2,1H3,(H,22,23,26). The Morgan fingerprint density at radius 3 is 2.88 bits per heavy atom. The number of likely N-dealkylation sites (N-methyl/N-ethyl adjacent to an activating group) is 1. The number of carbonyl (C=O) groups excluding carboxylic acids is 1.